The Balaban J connectivity index is 2.46. The van der Waals surface area contributed by atoms with E-state index in [0.29, 0.717) is 4.88 Å². The molecule has 5 nitrogen and oxygen atoms in total. The van der Waals surface area contributed by atoms with Gasteiger partial charge in [0.25, 0.3) is 0 Å². The zero-order chi connectivity index (χ0) is 14.0. The van der Waals surface area contributed by atoms with Crippen molar-refractivity contribution in [1.82, 2.24) is 9.55 Å². The molecule has 6 heteroatoms. The number of carbonyl (C=O) groups excluding carboxylic acids is 1. The van der Waals surface area contributed by atoms with Gasteiger partial charge in [-0.1, -0.05) is 13.8 Å². The molecule has 0 aliphatic heterocycles. The van der Waals surface area contributed by atoms with Crippen molar-refractivity contribution in [2.24, 2.45) is 11.7 Å². The molecular formula is C13H17N3O2S. The van der Waals surface area contributed by atoms with Crippen LogP contribution in [0, 0.1) is 5.92 Å². The number of esters is 1. The number of aromatic nitrogens is 2. The molecule has 0 radical (unpaired) electrons. The maximum absolute atomic E-state index is 11.7. The van der Waals surface area contributed by atoms with Crippen LogP contribution in [-0.2, 0) is 4.74 Å². The number of ether oxygens (including phenoxy) is 1. The van der Waals surface area contributed by atoms with Crippen molar-refractivity contribution in [3.8, 4) is 5.69 Å². The molecule has 0 spiro atoms. The Morgan fingerprint density at radius 3 is 2.89 bits per heavy atom. The van der Waals surface area contributed by atoms with Crippen molar-refractivity contribution < 1.29 is 9.53 Å². The first-order chi connectivity index (χ1) is 9.06. The van der Waals surface area contributed by atoms with E-state index < -0.39 is 0 Å². The monoisotopic (exact) mass is 279 g/mol. The number of carbonyl (C=O) groups is 1. The summed E-state index contributed by atoms with van der Waals surface area (Å²) in [5.74, 6) is -0.0570. The zero-order valence-electron chi connectivity index (χ0n) is 11.2. The second-order valence-corrected chi connectivity index (χ2v) is 5.50. The summed E-state index contributed by atoms with van der Waals surface area (Å²) in [5.41, 5.74) is 7.83. The Morgan fingerprint density at radius 2 is 2.26 bits per heavy atom. The first-order valence-corrected chi connectivity index (χ1v) is 6.88. The fraction of sp³-hybridized carbons (Fsp3) is 0.385. The van der Waals surface area contributed by atoms with Gasteiger partial charge in [-0.2, -0.15) is 0 Å². The minimum absolute atomic E-state index is 0.132. The largest absolute Gasteiger partial charge is 0.465 e. The Hall–Kier alpha value is -1.66. The molecule has 0 saturated heterocycles. The molecule has 2 aromatic heterocycles. The van der Waals surface area contributed by atoms with E-state index in [9.17, 15) is 4.79 Å². The lowest BCUT2D eigenvalue weighted by Gasteiger charge is -2.17. The maximum atomic E-state index is 11.7. The lowest BCUT2D eigenvalue weighted by Crippen LogP contribution is -2.20. The van der Waals surface area contributed by atoms with Crippen molar-refractivity contribution in [2.45, 2.75) is 19.9 Å². The highest BCUT2D eigenvalue weighted by atomic mass is 32.1. The maximum Gasteiger partial charge on any atom is 0.350 e. The molecule has 102 valence electrons. The van der Waals surface area contributed by atoms with E-state index in [2.05, 4.69) is 18.8 Å². The van der Waals surface area contributed by atoms with Crippen LogP contribution >= 0.6 is 11.3 Å². The summed E-state index contributed by atoms with van der Waals surface area (Å²) in [6.45, 7) is 4.10. The van der Waals surface area contributed by atoms with Crippen LogP contribution in [0.5, 0.6) is 0 Å². The topological polar surface area (TPSA) is 70.1 Å². The number of hydrogen-bond acceptors (Lipinski definition) is 5. The van der Waals surface area contributed by atoms with Gasteiger partial charge in [-0.25, -0.2) is 9.78 Å². The van der Waals surface area contributed by atoms with Crippen LogP contribution in [0.2, 0.25) is 0 Å². The van der Waals surface area contributed by atoms with Crippen LogP contribution < -0.4 is 5.73 Å². The fourth-order valence-corrected chi connectivity index (χ4v) is 2.63. The summed E-state index contributed by atoms with van der Waals surface area (Å²) in [4.78, 5) is 16.4. The average Bonchev–Trinajstić information content (AvgIpc) is 3.04. The van der Waals surface area contributed by atoms with Gasteiger partial charge in [0.15, 0.2) is 0 Å². The van der Waals surface area contributed by atoms with Gasteiger partial charge in [-0.05, 0) is 17.4 Å². The van der Waals surface area contributed by atoms with Crippen LogP contribution in [0.1, 0.15) is 35.3 Å². The van der Waals surface area contributed by atoms with Crippen LogP contribution in [0.4, 0.5) is 0 Å². The van der Waals surface area contributed by atoms with E-state index in [0.717, 1.165) is 11.4 Å². The van der Waals surface area contributed by atoms with E-state index in [1.54, 1.807) is 12.5 Å². The summed E-state index contributed by atoms with van der Waals surface area (Å²) in [7, 11) is 1.38. The van der Waals surface area contributed by atoms with Crippen molar-refractivity contribution in [2.75, 3.05) is 7.11 Å². The highest BCUT2D eigenvalue weighted by Crippen LogP contribution is 2.27. The van der Waals surface area contributed by atoms with E-state index in [1.807, 2.05) is 16.0 Å². The van der Waals surface area contributed by atoms with Crippen LogP contribution in [0.15, 0.2) is 24.0 Å². The predicted octanol–water partition coefficient (Wildman–Crippen LogP) is 2.38. The SMILES string of the molecule is COC(=O)c1sccc1-n1cncc1C(N)C(C)C. The number of imidazole rings is 1. The Labute approximate surface area is 116 Å². The molecule has 19 heavy (non-hydrogen) atoms. The van der Waals surface area contributed by atoms with Crippen molar-refractivity contribution in [1.29, 1.82) is 0 Å². The molecule has 0 fully saturated rings. The predicted molar refractivity (Wildman–Crippen MR) is 74.5 cm³/mol. The van der Waals surface area contributed by atoms with E-state index in [1.165, 1.54) is 18.4 Å². The third-order valence-corrected chi connectivity index (χ3v) is 3.89. The second-order valence-electron chi connectivity index (χ2n) is 4.58. The van der Waals surface area contributed by atoms with E-state index in [4.69, 9.17) is 10.5 Å². The molecule has 1 atom stereocenters. The minimum atomic E-state index is -0.345. The molecule has 0 aromatic carbocycles. The second kappa shape index (κ2) is 5.54. The highest BCUT2D eigenvalue weighted by molar-refractivity contribution is 7.12. The van der Waals surface area contributed by atoms with Gasteiger partial charge in [0.2, 0.25) is 0 Å². The summed E-state index contributed by atoms with van der Waals surface area (Å²) in [5, 5.41) is 1.85. The van der Waals surface area contributed by atoms with Gasteiger partial charge >= 0.3 is 5.97 Å². The number of methoxy groups -OCH3 is 1. The smallest absolute Gasteiger partial charge is 0.350 e. The van der Waals surface area contributed by atoms with Gasteiger partial charge in [-0.3, -0.25) is 4.57 Å². The molecule has 1 unspecified atom stereocenters. The number of nitrogens with zero attached hydrogens (tertiary/aromatic N) is 2. The van der Waals surface area contributed by atoms with Gasteiger partial charge in [0, 0.05) is 6.04 Å². The normalized spacial score (nSPS) is 12.7. The molecule has 2 rings (SSSR count). The van der Waals surface area contributed by atoms with Gasteiger partial charge < -0.3 is 10.5 Å². The van der Waals surface area contributed by atoms with Crippen LogP contribution in [0.3, 0.4) is 0 Å². The zero-order valence-corrected chi connectivity index (χ0v) is 12.0. The lowest BCUT2D eigenvalue weighted by molar-refractivity contribution is 0.0606. The Bertz CT molecular complexity index is 574. The summed E-state index contributed by atoms with van der Waals surface area (Å²) in [6, 6.07) is 1.74. The molecular weight excluding hydrogens is 262 g/mol. The first-order valence-electron chi connectivity index (χ1n) is 6.00. The van der Waals surface area contributed by atoms with Gasteiger partial charge in [0.1, 0.15) is 4.88 Å². The van der Waals surface area contributed by atoms with E-state index >= 15 is 0 Å². The molecule has 0 aliphatic rings. The number of hydrogen-bond donors (Lipinski definition) is 1. The van der Waals surface area contributed by atoms with Crippen molar-refractivity contribution >= 4 is 17.3 Å². The van der Waals surface area contributed by atoms with Crippen molar-refractivity contribution in [3.05, 3.63) is 34.5 Å². The molecule has 0 amide bonds. The number of thiophene rings is 1. The average molecular weight is 279 g/mol. The molecule has 2 aromatic rings. The standard InChI is InChI=1S/C13H17N3O2S/c1-8(2)11(14)10-6-15-7-16(10)9-4-5-19-12(9)13(17)18-3/h4-8,11H,14H2,1-3H3. The fourth-order valence-electron chi connectivity index (χ4n) is 1.83. The summed E-state index contributed by atoms with van der Waals surface area (Å²) >= 11 is 1.35. The van der Waals surface area contributed by atoms with E-state index in [-0.39, 0.29) is 17.9 Å². The first kappa shape index (κ1) is 13.8. The number of nitrogens with two attached hydrogens (primary N) is 1. The molecule has 0 aliphatic carbocycles. The lowest BCUT2D eigenvalue weighted by atomic mass is 10.0. The summed E-state index contributed by atoms with van der Waals surface area (Å²) in [6.07, 6.45) is 3.41. The third kappa shape index (κ3) is 2.54. The van der Waals surface area contributed by atoms with Crippen molar-refractivity contribution in [3.63, 3.8) is 0 Å². The Morgan fingerprint density at radius 1 is 1.53 bits per heavy atom. The third-order valence-electron chi connectivity index (χ3n) is 3.00. The van der Waals surface area contributed by atoms with Gasteiger partial charge in [-0.15, -0.1) is 11.3 Å². The molecule has 0 saturated carbocycles. The number of rotatable bonds is 4. The molecule has 0 bridgehead atoms. The molecule has 2 heterocycles. The minimum Gasteiger partial charge on any atom is -0.465 e. The highest BCUT2D eigenvalue weighted by Gasteiger charge is 2.20. The van der Waals surface area contributed by atoms with Crippen LogP contribution in [-0.4, -0.2) is 22.6 Å². The quantitative estimate of drug-likeness (QED) is 0.872. The van der Waals surface area contributed by atoms with Gasteiger partial charge in [0.05, 0.1) is 31.0 Å². The summed E-state index contributed by atoms with van der Waals surface area (Å²) < 4.78 is 6.64. The Kier molecular flexibility index (Phi) is 4.01. The molecule has 2 N–H and O–H groups in total. The van der Waals surface area contributed by atoms with Crippen LogP contribution in [0.25, 0.3) is 5.69 Å².